The molecule has 5 nitrogen and oxygen atoms in total. The van der Waals surface area contributed by atoms with Gasteiger partial charge >= 0.3 is 0 Å². The summed E-state index contributed by atoms with van der Waals surface area (Å²) in [6.45, 7) is 2.02. The van der Waals surface area contributed by atoms with E-state index in [1.165, 1.54) is 0 Å². The predicted octanol–water partition coefficient (Wildman–Crippen LogP) is 2.35. The van der Waals surface area contributed by atoms with Crippen LogP contribution in [-0.4, -0.2) is 9.97 Å². The van der Waals surface area contributed by atoms with E-state index in [-0.39, 0.29) is 0 Å². The molecule has 2 aromatic rings. The summed E-state index contributed by atoms with van der Waals surface area (Å²) >= 11 is 3.24. The third-order valence-electron chi connectivity index (χ3n) is 2.08. The highest BCUT2D eigenvalue weighted by Gasteiger charge is 2.09. The Kier molecular flexibility index (Phi) is 3.21. The van der Waals surface area contributed by atoms with Gasteiger partial charge in [0.25, 0.3) is 0 Å². The van der Waals surface area contributed by atoms with Gasteiger partial charge in [0, 0.05) is 11.8 Å². The maximum absolute atomic E-state index is 5.39. The number of nitrogens with two attached hydrogens (primary N) is 1. The molecule has 0 saturated carbocycles. The zero-order chi connectivity index (χ0) is 11.5. The molecule has 0 aliphatic carbocycles. The smallest absolute Gasteiger partial charge is 0.197 e. The second-order valence-corrected chi connectivity index (χ2v) is 3.95. The number of aromatic nitrogens is 2. The van der Waals surface area contributed by atoms with Gasteiger partial charge in [-0.25, -0.2) is 15.8 Å². The van der Waals surface area contributed by atoms with E-state index in [1.807, 2.05) is 13.0 Å². The number of hydrogen-bond acceptors (Lipinski definition) is 5. The summed E-state index contributed by atoms with van der Waals surface area (Å²) in [4.78, 5) is 8.58. The Hall–Kier alpha value is -1.40. The number of rotatable bonds is 3. The van der Waals surface area contributed by atoms with Crippen LogP contribution in [0.5, 0.6) is 0 Å². The lowest BCUT2D eigenvalue weighted by molar-refractivity contribution is 0.551. The van der Waals surface area contributed by atoms with Crippen LogP contribution < -0.4 is 11.3 Å². The average Bonchev–Trinajstić information content (AvgIpc) is 2.75. The number of halogens is 1. The fourth-order valence-corrected chi connectivity index (χ4v) is 1.60. The quantitative estimate of drug-likeness (QED) is 0.668. The van der Waals surface area contributed by atoms with Crippen LogP contribution in [0.1, 0.15) is 12.6 Å². The third-order valence-corrected chi connectivity index (χ3v) is 2.51. The van der Waals surface area contributed by atoms with Crippen molar-refractivity contribution in [2.75, 3.05) is 5.43 Å². The summed E-state index contributed by atoms with van der Waals surface area (Å²) in [5, 5.41) is 0. The Morgan fingerprint density at radius 1 is 1.44 bits per heavy atom. The Labute approximate surface area is 101 Å². The molecule has 2 rings (SSSR count). The van der Waals surface area contributed by atoms with Crippen LogP contribution in [0, 0.1) is 0 Å². The van der Waals surface area contributed by atoms with Crippen molar-refractivity contribution in [3.63, 3.8) is 0 Å². The van der Waals surface area contributed by atoms with Crippen molar-refractivity contribution >= 4 is 21.7 Å². The second-order valence-electron chi connectivity index (χ2n) is 3.17. The van der Waals surface area contributed by atoms with Crippen molar-refractivity contribution in [3.8, 4) is 11.6 Å². The molecule has 0 atom stereocenters. The first-order valence-electron chi connectivity index (χ1n) is 4.83. The molecule has 84 valence electrons. The SMILES string of the molecule is CCc1cc(NN)nc(-c2ccc(Br)o2)n1. The Bertz CT molecular complexity index is 475. The summed E-state index contributed by atoms with van der Waals surface area (Å²) in [6.07, 6.45) is 0.812. The van der Waals surface area contributed by atoms with Gasteiger partial charge in [-0.2, -0.15) is 0 Å². The van der Waals surface area contributed by atoms with E-state index in [0.717, 1.165) is 12.1 Å². The third kappa shape index (κ3) is 2.23. The number of nitrogen functional groups attached to an aromatic ring is 1. The van der Waals surface area contributed by atoms with E-state index < -0.39 is 0 Å². The molecular weight excluding hydrogens is 272 g/mol. The lowest BCUT2D eigenvalue weighted by Crippen LogP contribution is -2.10. The summed E-state index contributed by atoms with van der Waals surface area (Å²) in [7, 11) is 0. The minimum absolute atomic E-state index is 0.526. The molecule has 0 bridgehead atoms. The lowest BCUT2D eigenvalue weighted by Gasteiger charge is -2.04. The number of furan rings is 1. The highest BCUT2D eigenvalue weighted by atomic mass is 79.9. The molecule has 6 heteroatoms. The average molecular weight is 283 g/mol. The minimum atomic E-state index is 0.526. The molecule has 0 aliphatic rings. The van der Waals surface area contributed by atoms with Gasteiger partial charge in [0.15, 0.2) is 16.3 Å². The molecule has 0 unspecified atom stereocenters. The van der Waals surface area contributed by atoms with Crippen LogP contribution in [0.2, 0.25) is 0 Å². The van der Waals surface area contributed by atoms with E-state index in [9.17, 15) is 0 Å². The van der Waals surface area contributed by atoms with Crippen LogP contribution >= 0.6 is 15.9 Å². The zero-order valence-electron chi connectivity index (χ0n) is 8.70. The Morgan fingerprint density at radius 2 is 2.25 bits per heavy atom. The molecule has 0 fully saturated rings. The number of nitrogens with zero attached hydrogens (tertiary/aromatic N) is 2. The number of anilines is 1. The van der Waals surface area contributed by atoms with E-state index >= 15 is 0 Å². The first-order chi connectivity index (χ1) is 7.72. The van der Waals surface area contributed by atoms with Gasteiger partial charge < -0.3 is 9.84 Å². The molecule has 0 saturated heterocycles. The maximum atomic E-state index is 5.39. The van der Waals surface area contributed by atoms with Crippen molar-refractivity contribution in [1.82, 2.24) is 9.97 Å². The van der Waals surface area contributed by atoms with E-state index in [2.05, 4.69) is 31.3 Å². The number of hydrogen-bond donors (Lipinski definition) is 2. The van der Waals surface area contributed by atoms with Crippen molar-refractivity contribution < 1.29 is 4.42 Å². The van der Waals surface area contributed by atoms with Gasteiger partial charge in [0.1, 0.15) is 5.82 Å². The highest BCUT2D eigenvalue weighted by Crippen LogP contribution is 2.23. The van der Waals surface area contributed by atoms with Gasteiger partial charge in [0.05, 0.1) is 0 Å². The summed E-state index contributed by atoms with van der Waals surface area (Å²) in [6, 6.07) is 5.41. The van der Waals surface area contributed by atoms with Gasteiger partial charge in [-0.1, -0.05) is 6.92 Å². The standard InChI is InChI=1S/C10H11BrN4O/c1-2-6-5-9(15-12)14-10(13-6)7-3-4-8(11)16-7/h3-5H,2,12H2,1H3,(H,13,14,15). The Morgan fingerprint density at radius 3 is 2.81 bits per heavy atom. The molecule has 0 amide bonds. The van der Waals surface area contributed by atoms with Crippen LogP contribution in [0.15, 0.2) is 27.3 Å². The Balaban J connectivity index is 2.47. The fraction of sp³-hybridized carbons (Fsp3) is 0.200. The van der Waals surface area contributed by atoms with Gasteiger partial charge in [-0.15, -0.1) is 0 Å². The molecule has 0 radical (unpaired) electrons. The lowest BCUT2D eigenvalue weighted by atomic mass is 10.3. The second kappa shape index (κ2) is 4.63. The summed E-state index contributed by atoms with van der Waals surface area (Å²) in [5.41, 5.74) is 3.42. The van der Waals surface area contributed by atoms with Crippen LogP contribution in [-0.2, 0) is 6.42 Å². The highest BCUT2D eigenvalue weighted by molar-refractivity contribution is 9.10. The molecule has 0 aromatic carbocycles. The van der Waals surface area contributed by atoms with Crippen LogP contribution in [0.3, 0.4) is 0 Å². The molecule has 2 aromatic heterocycles. The normalized spacial score (nSPS) is 10.4. The van der Waals surface area contributed by atoms with Crippen molar-refractivity contribution in [2.24, 2.45) is 5.84 Å². The number of nitrogens with one attached hydrogen (secondary N) is 1. The van der Waals surface area contributed by atoms with Gasteiger partial charge in [0.2, 0.25) is 0 Å². The molecule has 0 spiro atoms. The summed E-state index contributed by atoms with van der Waals surface area (Å²) in [5.74, 6) is 7.06. The molecule has 0 aliphatic heterocycles. The van der Waals surface area contributed by atoms with Gasteiger partial charge in [-0.3, -0.25) is 0 Å². The van der Waals surface area contributed by atoms with Crippen LogP contribution in [0.4, 0.5) is 5.82 Å². The fourth-order valence-electron chi connectivity index (χ4n) is 1.30. The molecular formula is C10H11BrN4O. The van der Waals surface area contributed by atoms with Gasteiger partial charge in [-0.05, 0) is 34.5 Å². The molecule has 3 N–H and O–H groups in total. The number of hydrazine groups is 1. The van der Waals surface area contributed by atoms with E-state index in [1.54, 1.807) is 12.1 Å². The van der Waals surface area contributed by atoms with E-state index in [0.29, 0.717) is 22.1 Å². The van der Waals surface area contributed by atoms with Crippen LogP contribution in [0.25, 0.3) is 11.6 Å². The zero-order valence-corrected chi connectivity index (χ0v) is 10.3. The first kappa shape index (κ1) is 11.1. The first-order valence-corrected chi connectivity index (χ1v) is 5.62. The maximum Gasteiger partial charge on any atom is 0.197 e. The van der Waals surface area contributed by atoms with E-state index in [4.69, 9.17) is 10.3 Å². The molecule has 16 heavy (non-hydrogen) atoms. The minimum Gasteiger partial charge on any atom is -0.446 e. The van der Waals surface area contributed by atoms with Crippen molar-refractivity contribution in [3.05, 3.63) is 28.6 Å². The predicted molar refractivity (Wildman–Crippen MR) is 64.6 cm³/mol. The largest absolute Gasteiger partial charge is 0.446 e. The monoisotopic (exact) mass is 282 g/mol. The van der Waals surface area contributed by atoms with Crippen molar-refractivity contribution in [2.45, 2.75) is 13.3 Å². The summed E-state index contributed by atoms with van der Waals surface area (Å²) < 4.78 is 6.04. The number of aryl methyl sites for hydroxylation is 1. The molecule has 2 heterocycles. The topological polar surface area (TPSA) is 77.0 Å². The van der Waals surface area contributed by atoms with Crippen molar-refractivity contribution in [1.29, 1.82) is 0 Å².